The van der Waals surface area contributed by atoms with E-state index in [1.54, 1.807) is 12.1 Å². The zero-order valence-corrected chi connectivity index (χ0v) is 13.9. The van der Waals surface area contributed by atoms with Crippen molar-refractivity contribution < 1.29 is 4.39 Å². The summed E-state index contributed by atoms with van der Waals surface area (Å²) in [5, 5.41) is 5.66. The first kappa shape index (κ1) is 16.6. The number of hydrogen-bond donors (Lipinski definition) is 3. The molecule has 0 atom stereocenters. The molecular weight excluding hydrogens is 325 g/mol. The van der Waals surface area contributed by atoms with Gasteiger partial charge in [0.1, 0.15) is 5.82 Å². The van der Waals surface area contributed by atoms with E-state index in [-0.39, 0.29) is 18.2 Å². The van der Waals surface area contributed by atoms with Crippen LogP contribution in [0, 0.1) is 5.82 Å². The monoisotopic (exact) mass is 343 g/mol. The van der Waals surface area contributed by atoms with Gasteiger partial charge in [0.2, 0.25) is 0 Å². The molecule has 0 amide bonds. The Morgan fingerprint density at radius 2 is 1.83 bits per heavy atom. The van der Waals surface area contributed by atoms with Crippen LogP contribution in [0.5, 0.6) is 0 Å². The van der Waals surface area contributed by atoms with E-state index in [2.05, 4.69) is 39.6 Å². The van der Waals surface area contributed by atoms with Crippen LogP contribution >= 0.6 is 12.4 Å². The van der Waals surface area contributed by atoms with Crippen molar-refractivity contribution in [1.82, 2.24) is 15.3 Å². The SMILES string of the molecule is Cl.Fc1ccc2[nH]cc(CCNCc3ccc4[nH]ccc4c3)c2c1. The molecule has 5 heteroatoms. The number of benzene rings is 2. The van der Waals surface area contributed by atoms with Gasteiger partial charge in [0.05, 0.1) is 0 Å². The van der Waals surface area contributed by atoms with Gasteiger partial charge in [0, 0.05) is 35.4 Å². The highest BCUT2D eigenvalue weighted by Crippen LogP contribution is 2.19. The van der Waals surface area contributed by atoms with Crippen LogP contribution in [0.15, 0.2) is 54.9 Å². The molecule has 0 saturated carbocycles. The van der Waals surface area contributed by atoms with Gasteiger partial charge in [-0.05, 0) is 65.9 Å². The molecular formula is C19H19ClFN3. The van der Waals surface area contributed by atoms with E-state index in [1.807, 2.05) is 12.4 Å². The second kappa shape index (κ2) is 7.07. The van der Waals surface area contributed by atoms with E-state index in [9.17, 15) is 4.39 Å². The smallest absolute Gasteiger partial charge is 0.123 e. The average molecular weight is 344 g/mol. The zero-order chi connectivity index (χ0) is 15.6. The lowest BCUT2D eigenvalue weighted by atomic mass is 10.1. The molecule has 0 aliphatic heterocycles. The maximum Gasteiger partial charge on any atom is 0.123 e. The number of aromatic nitrogens is 2. The average Bonchev–Trinajstić information content (AvgIpc) is 3.17. The molecule has 0 aliphatic rings. The molecule has 24 heavy (non-hydrogen) atoms. The summed E-state index contributed by atoms with van der Waals surface area (Å²) in [5.41, 5.74) is 4.56. The van der Waals surface area contributed by atoms with E-state index in [0.29, 0.717) is 0 Å². The molecule has 0 aliphatic carbocycles. The standard InChI is InChI=1S/C19H18FN3.ClH/c20-16-2-4-19-17(10-16)15(12-23-19)5-7-21-11-13-1-3-18-14(9-13)6-8-22-18;/h1-4,6,8-10,12,21-23H,5,7,11H2;1H. The zero-order valence-electron chi connectivity index (χ0n) is 13.1. The second-order valence-corrected chi connectivity index (χ2v) is 5.83. The second-order valence-electron chi connectivity index (χ2n) is 5.83. The van der Waals surface area contributed by atoms with Gasteiger partial charge in [-0.1, -0.05) is 6.07 Å². The molecule has 0 spiro atoms. The third-order valence-electron chi connectivity index (χ3n) is 4.25. The Morgan fingerprint density at radius 3 is 2.75 bits per heavy atom. The fraction of sp³-hybridized carbons (Fsp3) is 0.158. The van der Waals surface area contributed by atoms with E-state index in [4.69, 9.17) is 0 Å². The summed E-state index contributed by atoms with van der Waals surface area (Å²) < 4.78 is 13.4. The first-order chi connectivity index (χ1) is 11.3. The third kappa shape index (κ3) is 3.30. The predicted molar refractivity (Wildman–Crippen MR) is 99.2 cm³/mol. The Labute approximate surface area is 145 Å². The van der Waals surface area contributed by atoms with Crippen molar-refractivity contribution in [2.75, 3.05) is 6.54 Å². The minimum absolute atomic E-state index is 0. The highest BCUT2D eigenvalue weighted by atomic mass is 35.5. The Kier molecular flexibility index (Phi) is 4.88. The normalized spacial score (nSPS) is 11.0. The van der Waals surface area contributed by atoms with Crippen molar-refractivity contribution in [1.29, 1.82) is 0 Å². The fourth-order valence-corrected chi connectivity index (χ4v) is 3.03. The van der Waals surface area contributed by atoms with Crippen LogP contribution in [0.25, 0.3) is 21.8 Å². The van der Waals surface area contributed by atoms with Crippen LogP contribution in [0.4, 0.5) is 4.39 Å². The van der Waals surface area contributed by atoms with Crippen LogP contribution in [-0.4, -0.2) is 16.5 Å². The van der Waals surface area contributed by atoms with Crippen LogP contribution in [0.1, 0.15) is 11.1 Å². The quantitative estimate of drug-likeness (QED) is 0.457. The number of halogens is 2. The maximum absolute atomic E-state index is 13.4. The van der Waals surface area contributed by atoms with Crippen molar-refractivity contribution in [2.24, 2.45) is 0 Å². The van der Waals surface area contributed by atoms with Gasteiger partial charge in [0.25, 0.3) is 0 Å². The molecule has 4 rings (SSSR count). The Bertz CT molecular complexity index is 957. The molecule has 3 nitrogen and oxygen atoms in total. The number of rotatable bonds is 5. The van der Waals surface area contributed by atoms with Gasteiger partial charge in [-0.3, -0.25) is 0 Å². The number of aromatic amines is 2. The Balaban J connectivity index is 0.00000169. The van der Waals surface area contributed by atoms with E-state index in [0.717, 1.165) is 41.5 Å². The lowest BCUT2D eigenvalue weighted by Crippen LogP contribution is -2.16. The van der Waals surface area contributed by atoms with Crippen molar-refractivity contribution in [3.8, 4) is 0 Å². The molecule has 0 unspecified atom stereocenters. The summed E-state index contributed by atoms with van der Waals surface area (Å²) in [6, 6.07) is 13.4. The van der Waals surface area contributed by atoms with Gasteiger partial charge in [0.15, 0.2) is 0 Å². The van der Waals surface area contributed by atoms with E-state index >= 15 is 0 Å². The Hall–Kier alpha value is -2.30. The van der Waals surface area contributed by atoms with Crippen molar-refractivity contribution in [2.45, 2.75) is 13.0 Å². The first-order valence-corrected chi connectivity index (χ1v) is 7.82. The number of nitrogens with one attached hydrogen (secondary N) is 3. The molecule has 124 valence electrons. The van der Waals surface area contributed by atoms with Crippen LogP contribution in [-0.2, 0) is 13.0 Å². The molecule has 3 N–H and O–H groups in total. The van der Waals surface area contributed by atoms with Crippen molar-refractivity contribution in [3.63, 3.8) is 0 Å². The topological polar surface area (TPSA) is 43.6 Å². The maximum atomic E-state index is 13.4. The molecule has 0 saturated heterocycles. The van der Waals surface area contributed by atoms with Crippen LogP contribution < -0.4 is 5.32 Å². The molecule has 4 aromatic rings. The molecule has 2 aromatic heterocycles. The number of hydrogen-bond acceptors (Lipinski definition) is 1. The van der Waals surface area contributed by atoms with Crippen molar-refractivity contribution >= 4 is 34.2 Å². The van der Waals surface area contributed by atoms with Gasteiger partial charge in [-0.25, -0.2) is 4.39 Å². The number of fused-ring (bicyclic) bond motifs is 2. The predicted octanol–water partition coefficient (Wildman–Crippen LogP) is 4.54. The molecule has 0 fully saturated rings. The highest BCUT2D eigenvalue weighted by molar-refractivity contribution is 5.85. The number of H-pyrrole nitrogens is 2. The summed E-state index contributed by atoms with van der Waals surface area (Å²) in [5.74, 6) is -0.189. The van der Waals surface area contributed by atoms with Crippen LogP contribution in [0.3, 0.4) is 0 Å². The van der Waals surface area contributed by atoms with Crippen molar-refractivity contribution in [3.05, 3.63) is 71.8 Å². The molecule has 0 bridgehead atoms. The van der Waals surface area contributed by atoms with Gasteiger partial charge in [-0.2, -0.15) is 0 Å². The molecule has 2 aromatic carbocycles. The Morgan fingerprint density at radius 1 is 0.958 bits per heavy atom. The van der Waals surface area contributed by atoms with Gasteiger partial charge in [-0.15, -0.1) is 12.4 Å². The fourth-order valence-electron chi connectivity index (χ4n) is 3.03. The van der Waals surface area contributed by atoms with Gasteiger partial charge >= 0.3 is 0 Å². The van der Waals surface area contributed by atoms with E-state index < -0.39 is 0 Å². The highest BCUT2D eigenvalue weighted by Gasteiger charge is 2.04. The summed E-state index contributed by atoms with van der Waals surface area (Å²) in [7, 11) is 0. The lowest BCUT2D eigenvalue weighted by Gasteiger charge is -2.05. The molecule has 0 radical (unpaired) electrons. The van der Waals surface area contributed by atoms with Gasteiger partial charge < -0.3 is 15.3 Å². The summed E-state index contributed by atoms with van der Waals surface area (Å²) in [6.45, 7) is 1.69. The lowest BCUT2D eigenvalue weighted by molar-refractivity contribution is 0.629. The third-order valence-corrected chi connectivity index (χ3v) is 4.25. The summed E-state index contributed by atoms with van der Waals surface area (Å²) >= 11 is 0. The van der Waals surface area contributed by atoms with Crippen LogP contribution in [0.2, 0.25) is 0 Å². The summed E-state index contributed by atoms with van der Waals surface area (Å²) in [6.07, 6.45) is 4.80. The molecule has 2 heterocycles. The minimum Gasteiger partial charge on any atom is -0.361 e. The largest absolute Gasteiger partial charge is 0.361 e. The summed E-state index contributed by atoms with van der Waals surface area (Å²) in [4.78, 5) is 6.39. The van der Waals surface area contributed by atoms with E-state index in [1.165, 1.54) is 17.0 Å². The first-order valence-electron chi connectivity index (χ1n) is 7.82. The minimum atomic E-state index is -0.189.